The third-order valence-corrected chi connectivity index (χ3v) is 4.18. The largest absolute Gasteiger partial charge is 0.508 e. The molecule has 118 valence electrons. The van der Waals surface area contributed by atoms with Gasteiger partial charge in [0, 0.05) is 19.6 Å². The van der Waals surface area contributed by atoms with Gasteiger partial charge in [-0.2, -0.15) is 0 Å². The van der Waals surface area contributed by atoms with Gasteiger partial charge >= 0.3 is 0 Å². The van der Waals surface area contributed by atoms with E-state index in [4.69, 9.17) is 5.73 Å². The van der Waals surface area contributed by atoms with Crippen molar-refractivity contribution < 1.29 is 5.11 Å². The SMILES string of the molecule is NCCCCCN1CCCN(Cc2cccc(O)c2)CC1. The maximum absolute atomic E-state index is 9.55. The Morgan fingerprint density at radius 2 is 1.81 bits per heavy atom. The van der Waals surface area contributed by atoms with Gasteiger partial charge in [0.1, 0.15) is 5.75 Å². The van der Waals surface area contributed by atoms with Gasteiger partial charge in [-0.1, -0.05) is 18.6 Å². The van der Waals surface area contributed by atoms with Crippen LogP contribution in [0.25, 0.3) is 0 Å². The summed E-state index contributed by atoms with van der Waals surface area (Å²) in [7, 11) is 0. The van der Waals surface area contributed by atoms with Crippen LogP contribution in [0.3, 0.4) is 0 Å². The zero-order valence-electron chi connectivity index (χ0n) is 13.0. The molecule has 0 atom stereocenters. The normalized spacial score (nSPS) is 17.8. The van der Waals surface area contributed by atoms with E-state index in [0.717, 1.165) is 39.1 Å². The molecule has 3 N–H and O–H groups in total. The van der Waals surface area contributed by atoms with Crippen molar-refractivity contribution in [2.45, 2.75) is 32.2 Å². The zero-order chi connectivity index (χ0) is 14.9. The van der Waals surface area contributed by atoms with Crippen LogP contribution in [-0.4, -0.2) is 54.2 Å². The average Bonchev–Trinajstić information content (AvgIpc) is 2.69. The van der Waals surface area contributed by atoms with Crippen LogP contribution < -0.4 is 5.73 Å². The molecule has 21 heavy (non-hydrogen) atoms. The van der Waals surface area contributed by atoms with E-state index in [-0.39, 0.29) is 0 Å². The second kappa shape index (κ2) is 9.03. The Hall–Kier alpha value is -1.10. The maximum Gasteiger partial charge on any atom is 0.115 e. The Morgan fingerprint density at radius 1 is 1.00 bits per heavy atom. The van der Waals surface area contributed by atoms with Crippen molar-refractivity contribution in [2.75, 3.05) is 39.3 Å². The fraction of sp³-hybridized carbons (Fsp3) is 0.647. The Balaban J connectivity index is 1.73. The zero-order valence-corrected chi connectivity index (χ0v) is 13.0. The summed E-state index contributed by atoms with van der Waals surface area (Å²) in [6.45, 7) is 7.59. The third-order valence-electron chi connectivity index (χ3n) is 4.18. The van der Waals surface area contributed by atoms with Crippen LogP contribution in [0.4, 0.5) is 0 Å². The molecule has 0 aliphatic carbocycles. The number of unbranched alkanes of at least 4 members (excludes halogenated alkanes) is 2. The van der Waals surface area contributed by atoms with Gasteiger partial charge in [0.2, 0.25) is 0 Å². The Labute approximate surface area is 128 Å². The van der Waals surface area contributed by atoms with Crippen LogP contribution in [-0.2, 0) is 6.54 Å². The monoisotopic (exact) mass is 291 g/mol. The second-order valence-electron chi connectivity index (χ2n) is 5.99. The van der Waals surface area contributed by atoms with Crippen molar-refractivity contribution in [3.8, 4) is 5.75 Å². The lowest BCUT2D eigenvalue weighted by Gasteiger charge is -2.21. The predicted octanol–water partition coefficient (Wildman–Crippen LogP) is 2.03. The lowest BCUT2D eigenvalue weighted by atomic mass is 10.2. The van der Waals surface area contributed by atoms with Gasteiger partial charge in [-0.05, 0) is 63.1 Å². The molecule has 0 unspecified atom stereocenters. The van der Waals surface area contributed by atoms with Crippen LogP contribution in [0, 0.1) is 0 Å². The molecule has 4 heteroatoms. The quantitative estimate of drug-likeness (QED) is 0.755. The summed E-state index contributed by atoms with van der Waals surface area (Å²) >= 11 is 0. The highest BCUT2D eigenvalue weighted by atomic mass is 16.3. The first kappa shape index (κ1) is 16.3. The van der Waals surface area contributed by atoms with E-state index in [9.17, 15) is 5.11 Å². The van der Waals surface area contributed by atoms with Crippen LogP contribution >= 0.6 is 0 Å². The molecule has 0 spiro atoms. The minimum atomic E-state index is 0.365. The predicted molar refractivity (Wildman–Crippen MR) is 87.3 cm³/mol. The summed E-state index contributed by atoms with van der Waals surface area (Å²) < 4.78 is 0. The van der Waals surface area contributed by atoms with Gasteiger partial charge < -0.3 is 15.7 Å². The number of nitrogens with two attached hydrogens (primary N) is 1. The third kappa shape index (κ3) is 6.04. The number of rotatable bonds is 7. The fourth-order valence-corrected chi connectivity index (χ4v) is 2.98. The van der Waals surface area contributed by atoms with Crippen molar-refractivity contribution >= 4 is 0 Å². The van der Waals surface area contributed by atoms with E-state index in [1.807, 2.05) is 12.1 Å². The lowest BCUT2D eigenvalue weighted by molar-refractivity contribution is 0.248. The molecule has 0 amide bonds. The summed E-state index contributed by atoms with van der Waals surface area (Å²) in [6, 6.07) is 7.62. The fourth-order valence-electron chi connectivity index (χ4n) is 2.98. The summed E-state index contributed by atoms with van der Waals surface area (Å²) in [6.07, 6.45) is 4.90. The van der Waals surface area contributed by atoms with Crippen molar-refractivity contribution in [3.05, 3.63) is 29.8 Å². The minimum Gasteiger partial charge on any atom is -0.508 e. The second-order valence-corrected chi connectivity index (χ2v) is 5.99. The van der Waals surface area contributed by atoms with Gasteiger partial charge in [0.25, 0.3) is 0 Å². The van der Waals surface area contributed by atoms with E-state index in [1.165, 1.54) is 37.9 Å². The smallest absolute Gasteiger partial charge is 0.115 e. The first-order valence-corrected chi connectivity index (χ1v) is 8.20. The maximum atomic E-state index is 9.55. The molecule has 0 aromatic heterocycles. The standard InChI is InChI=1S/C17H29N3O/c18-8-2-1-3-9-19-10-5-11-20(13-12-19)15-16-6-4-7-17(21)14-16/h4,6-7,14,21H,1-3,5,8-13,15,18H2. The highest BCUT2D eigenvalue weighted by Gasteiger charge is 2.14. The number of hydrogen-bond donors (Lipinski definition) is 2. The molecule has 1 aromatic carbocycles. The van der Waals surface area contributed by atoms with Gasteiger partial charge in [-0.25, -0.2) is 0 Å². The summed E-state index contributed by atoms with van der Waals surface area (Å²) in [5, 5.41) is 9.55. The number of benzene rings is 1. The molecule has 1 aliphatic rings. The molecular weight excluding hydrogens is 262 g/mol. The molecule has 1 heterocycles. The van der Waals surface area contributed by atoms with E-state index in [2.05, 4.69) is 15.9 Å². The average molecular weight is 291 g/mol. The molecule has 1 saturated heterocycles. The van der Waals surface area contributed by atoms with E-state index < -0.39 is 0 Å². The molecule has 4 nitrogen and oxygen atoms in total. The van der Waals surface area contributed by atoms with Crippen molar-refractivity contribution in [1.29, 1.82) is 0 Å². The highest BCUT2D eigenvalue weighted by Crippen LogP contribution is 2.14. The Morgan fingerprint density at radius 3 is 2.62 bits per heavy atom. The van der Waals surface area contributed by atoms with Gasteiger partial charge in [-0.3, -0.25) is 4.90 Å². The van der Waals surface area contributed by atoms with Gasteiger partial charge in [0.15, 0.2) is 0 Å². The van der Waals surface area contributed by atoms with Crippen LogP contribution in [0.1, 0.15) is 31.2 Å². The lowest BCUT2D eigenvalue weighted by Crippen LogP contribution is -2.31. The molecule has 0 saturated carbocycles. The molecule has 1 fully saturated rings. The Bertz CT molecular complexity index is 411. The number of nitrogens with zero attached hydrogens (tertiary/aromatic N) is 2. The number of aromatic hydroxyl groups is 1. The molecule has 1 aliphatic heterocycles. The summed E-state index contributed by atoms with van der Waals surface area (Å²) in [4.78, 5) is 5.08. The molecule has 2 rings (SSSR count). The van der Waals surface area contributed by atoms with E-state index >= 15 is 0 Å². The number of phenolic OH excluding ortho intramolecular Hbond substituents is 1. The van der Waals surface area contributed by atoms with Crippen molar-refractivity contribution in [1.82, 2.24) is 9.80 Å². The van der Waals surface area contributed by atoms with E-state index in [1.54, 1.807) is 6.07 Å². The van der Waals surface area contributed by atoms with Crippen molar-refractivity contribution in [2.24, 2.45) is 5.73 Å². The molecule has 1 aromatic rings. The molecular formula is C17H29N3O. The summed E-state index contributed by atoms with van der Waals surface area (Å²) in [5.74, 6) is 0.365. The highest BCUT2D eigenvalue weighted by molar-refractivity contribution is 5.26. The van der Waals surface area contributed by atoms with Crippen LogP contribution in [0.2, 0.25) is 0 Å². The first-order chi connectivity index (χ1) is 10.3. The minimum absolute atomic E-state index is 0.365. The molecule has 0 bridgehead atoms. The number of phenols is 1. The van der Waals surface area contributed by atoms with Crippen LogP contribution in [0.5, 0.6) is 5.75 Å². The van der Waals surface area contributed by atoms with Crippen LogP contribution in [0.15, 0.2) is 24.3 Å². The molecule has 0 radical (unpaired) electrons. The topological polar surface area (TPSA) is 52.7 Å². The van der Waals surface area contributed by atoms with Gasteiger partial charge in [0.05, 0.1) is 0 Å². The summed E-state index contributed by atoms with van der Waals surface area (Å²) in [5.41, 5.74) is 6.74. The van der Waals surface area contributed by atoms with Crippen molar-refractivity contribution in [3.63, 3.8) is 0 Å². The number of hydrogen-bond acceptors (Lipinski definition) is 4. The Kier molecular flexibility index (Phi) is 7.00. The van der Waals surface area contributed by atoms with Gasteiger partial charge in [-0.15, -0.1) is 0 Å². The van der Waals surface area contributed by atoms with E-state index in [0.29, 0.717) is 5.75 Å². The first-order valence-electron chi connectivity index (χ1n) is 8.20.